The van der Waals surface area contributed by atoms with E-state index in [-0.39, 0.29) is 28.3 Å². The van der Waals surface area contributed by atoms with E-state index >= 15 is 0 Å². The lowest BCUT2D eigenvalue weighted by Crippen LogP contribution is -2.14. The number of carbonyl (C=O) groups is 1. The molecular formula is C19H18N4O6S. The van der Waals surface area contributed by atoms with Crippen LogP contribution >= 0.6 is 11.8 Å². The van der Waals surface area contributed by atoms with Crippen molar-refractivity contribution in [2.45, 2.75) is 12.1 Å². The van der Waals surface area contributed by atoms with Gasteiger partial charge in [-0.3, -0.25) is 14.9 Å². The summed E-state index contributed by atoms with van der Waals surface area (Å²) in [6.45, 7) is 2.38. The van der Waals surface area contributed by atoms with Gasteiger partial charge in [0.15, 0.2) is 5.75 Å². The first kappa shape index (κ1) is 21.1. The molecule has 0 aliphatic heterocycles. The molecule has 11 heteroatoms. The average Bonchev–Trinajstić information content (AvgIpc) is 3.21. The minimum Gasteiger partial charge on any atom is -0.493 e. The number of nitro benzene ring substituents is 1. The fourth-order valence-electron chi connectivity index (χ4n) is 2.53. The Morgan fingerprint density at radius 2 is 2.03 bits per heavy atom. The van der Waals surface area contributed by atoms with Crippen molar-refractivity contribution in [2.75, 3.05) is 24.8 Å². The molecule has 30 heavy (non-hydrogen) atoms. The predicted molar refractivity (Wildman–Crippen MR) is 110 cm³/mol. The number of nitrogens with zero attached hydrogens (tertiary/aromatic N) is 3. The van der Waals surface area contributed by atoms with Crippen LogP contribution in [0.15, 0.2) is 52.1 Å². The average molecular weight is 430 g/mol. The molecule has 0 fully saturated rings. The van der Waals surface area contributed by atoms with Crippen LogP contribution in [-0.2, 0) is 4.79 Å². The summed E-state index contributed by atoms with van der Waals surface area (Å²) in [5.41, 5.74) is 0.858. The third-order valence-electron chi connectivity index (χ3n) is 3.81. The van der Waals surface area contributed by atoms with Crippen LogP contribution in [0.4, 0.5) is 11.4 Å². The molecule has 1 amide bonds. The zero-order valence-corrected chi connectivity index (χ0v) is 17.0. The summed E-state index contributed by atoms with van der Waals surface area (Å²) in [6, 6.07) is 11.4. The third-order valence-corrected chi connectivity index (χ3v) is 4.63. The minimum atomic E-state index is -0.558. The molecule has 1 aromatic heterocycles. The van der Waals surface area contributed by atoms with Crippen LogP contribution in [0, 0.1) is 10.1 Å². The van der Waals surface area contributed by atoms with Crippen molar-refractivity contribution in [3.63, 3.8) is 0 Å². The highest BCUT2D eigenvalue weighted by Crippen LogP contribution is 2.31. The second kappa shape index (κ2) is 9.74. The number of anilines is 1. The molecule has 0 radical (unpaired) electrons. The van der Waals surface area contributed by atoms with Crippen LogP contribution in [0.25, 0.3) is 11.5 Å². The summed E-state index contributed by atoms with van der Waals surface area (Å²) in [4.78, 5) is 22.6. The number of carbonyl (C=O) groups excluding carboxylic acids is 1. The van der Waals surface area contributed by atoms with E-state index in [4.69, 9.17) is 13.9 Å². The molecule has 0 unspecified atom stereocenters. The maximum atomic E-state index is 12.2. The van der Waals surface area contributed by atoms with Gasteiger partial charge in [-0.2, -0.15) is 0 Å². The lowest BCUT2D eigenvalue weighted by atomic mass is 10.2. The van der Waals surface area contributed by atoms with Gasteiger partial charge in [0, 0.05) is 17.8 Å². The van der Waals surface area contributed by atoms with Gasteiger partial charge >= 0.3 is 5.69 Å². The van der Waals surface area contributed by atoms with Gasteiger partial charge in [0.05, 0.1) is 30.0 Å². The summed E-state index contributed by atoms with van der Waals surface area (Å²) in [7, 11) is 1.32. The van der Waals surface area contributed by atoms with E-state index in [9.17, 15) is 14.9 Å². The number of thioether (sulfide) groups is 1. The van der Waals surface area contributed by atoms with Crippen LogP contribution in [0.5, 0.6) is 11.5 Å². The number of hydrogen-bond acceptors (Lipinski definition) is 9. The quantitative estimate of drug-likeness (QED) is 0.306. The number of aromatic nitrogens is 2. The Kier molecular flexibility index (Phi) is 6.86. The van der Waals surface area contributed by atoms with Crippen molar-refractivity contribution >= 4 is 29.0 Å². The van der Waals surface area contributed by atoms with Crippen molar-refractivity contribution in [3.05, 3.63) is 52.6 Å². The molecule has 0 saturated carbocycles. The predicted octanol–water partition coefficient (Wildman–Crippen LogP) is 3.78. The van der Waals surface area contributed by atoms with Crippen molar-refractivity contribution in [1.29, 1.82) is 0 Å². The standard InChI is InChI=1S/C19H18N4O6S/c1-3-28-15-7-5-4-6-13(15)18-21-22-19(29-18)30-11-17(24)20-12-8-9-14(23(25)26)16(10-12)27-2/h4-10H,3,11H2,1-2H3,(H,20,24). The summed E-state index contributed by atoms with van der Waals surface area (Å²) < 4.78 is 16.2. The van der Waals surface area contributed by atoms with E-state index in [1.807, 2.05) is 31.2 Å². The number of methoxy groups -OCH3 is 1. The van der Waals surface area contributed by atoms with E-state index in [0.29, 0.717) is 29.5 Å². The highest BCUT2D eigenvalue weighted by atomic mass is 32.2. The minimum absolute atomic E-state index is 0.00798. The molecule has 0 atom stereocenters. The lowest BCUT2D eigenvalue weighted by Gasteiger charge is -2.07. The number of hydrogen-bond donors (Lipinski definition) is 1. The Balaban J connectivity index is 1.62. The van der Waals surface area contributed by atoms with Gasteiger partial charge in [0.2, 0.25) is 5.91 Å². The van der Waals surface area contributed by atoms with Crippen LogP contribution in [-0.4, -0.2) is 40.5 Å². The molecular weight excluding hydrogens is 412 g/mol. The van der Waals surface area contributed by atoms with Gasteiger partial charge in [-0.05, 0) is 25.1 Å². The molecule has 0 bridgehead atoms. The second-order valence-corrected chi connectivity index (χ2v) is 6.71. The van der Waals surface area contributed by atoms with Crippen molar-refractivity contribution in [3.8, 4) is 23.0 Å². The fourth-order valence-corrected chi connectivity index (χ4v) is 3.10. The molecule has 3 rings (SSSR count). The molecule has 0 spiro atoms. The zero-order valence-electron chi connectivity index (χ0n) is 16.2. The first-order valence-electron chi connectivity index (χ1n) is 8.82. The molecule has 0 aliphatic carbocycles. The fraction of sp³-hybridized carbons (Fsp3) is 0.211. The highest BCUT2D eigenvalue weighted by molar-refractivity contribution is 7.99. The van der Waals surface area contributed by atoms with Gasteiger partial charge in [0.25, 0.3) is 11.1 Å². The smallest absolute Gasteiger partial charge is 0.311 e. The maximum absolute atomic E-state index is 12.2. The third kappa shape index (κ3) is 5.06. The van der Waals surface area contributed by atoms with Crippen molar-refractivity contribution in [1.82, 2.24) is 10.2 Å². The summed E-state index contributed by atoms with van der Waals surface area (Å²) in [6.07, 6.45) is 0. The molecule has 10 nitrogen and oxygen atoms in total. The Hall–Kier alpha value is -3.60. The van der Waals surface area contributed by atoms with Crippen LogP contribution in [0.3, 0.4) is 0 Å². The lowest BCUT2D eigenvalue weighted by molar-refractivity contribution is -0.385. The maximum Gasteiger partial charge on any atom is 0.311 e. The molecule has 1 heterocycles. The van der Waals surface area contributed by atoms with Crippen LogP contribution in [0.2, 0.25) is 0 Å². The van der Waals surface area contributed by atoms with Gasteiger partial charge < -0.3 is 19.2 Å². The van der Waals surface area contributed by atoms with Crippen LogP contribution in [0.1, 0.15) is 6.92 Å². The SMILES string of the molecule is CCOc1ccccc1-c1nnc(SCC(=O)Nc2ccc([N+](=O)[O-])c(OC)c2)o1. The monoisotopic (exact) mass is 430 g/mol. The Bertz CT molecular complexity index is 1060. The van der Waals surface area contributed by atoms with Gasteiger partial charge in [-0.15, -0.1) is 10.2 Å². The Morgan fingerprint density at radius 3 is 2.77 bits per heavy atom. The first-order valence-corrected chi connectivity index (χ1v) is 9.81. The molecule has 2 aromatic carbocycles. The largest absolute Gasteiger partial charge is 0.493 e. The molecule has 0 aliphatic rings. The number of ether oxygens (including phenoxy) is 2. The second-order valence-electron chi connectivity index (χ2n) is 5.78. The number of rotatable bonds is 9. The summed E-state index contributed by atoms with van der Waals surface area (Å²) in [5.74, 6) is 0.645. The number of benzene rings is 2. The Morgan fingerprint density at radius 1 is 1.23 bits per heavy atom. The van der Waals surface area contributed by atoms with E-state index in [1.165, 1.54) is 25.3 Å². The van der Waals surface area contributed by atoms with E-state index < -0.39 is 4.92 Å². The number of amides is 1. The summed E-state index contributed by atoms with van der Waals surface area (Å²) in [5, 5.41) is 21.8. The summed E-state index contributed by atoms with van der Waals surface area (Å²) >= 11 is 1.07. The van der Waals surface area contributed by atoms with Crippen LogP contribution < -0.4 is 14.8 Å². The number of nitrogens with one attached hydrogen (secondary N) is 1. The first-order chi connectivity index (χ1) is 14.5. The van der Waals surface area contributed by atoms with Crippen molar-refractivity contribution in [2.24, 2.45) is 0 Å². The van der Waals surface area contributed by atoms with E-state index in [2.05, 4.69) is 15.5 Å². The van der Waals surface area contributed by atoms with E-state index in [1.54, 1.807) is 0 Å². The zero-order chi connectivity index (χ0) is 21.5. The molecule has 156 valence electrons. The van der Waals surface area contributed by atoms with Crippen molar-refractivity contribution < 1.29 is 23.6 Å². The number of nitro groups is 1. The van der Waals surface area contributed by atoms with Gasteiger partial charge in [0.1, 0.15) is 5.75 Å². The van der Waals surface area contributed by atoms with Gasteiger partial charge in [-0.25, -0.2) is 0 Å². The molecule has 3 aromatic rings. The Labute approximate surface area is 175 Å². The number of para-hydroxylation sites is 1. The normalized spacial score (nSPS) is 10.5. The van der Waals surface area contributed by atoms with Gasteiger partial charge in [-0.1, -0.05) is 23.9 Å². The van der Waals surface area contributed by atoms with E-state index in [0.717, 1.165) is 11.8 Å². The molecule has 0 saturated heterocycles. The highest BCUT2D eigenvalue weighted by Gasteiger charge is 2.17. The topological polar surface area (TPSA) is 130 Å². The molecule has 1 N–H and O–H groups in total.